The van der Waals surface area contributed by atoms with E-state index in [1.54, 1.807) is 0 Å². The summed E-state index contributed by atoms with van der Waals surface area (Å²) in [4.78, 5) is 11.8. The van der Waals surface area contributed by atoms with Crippen LogP contribution in [0.3, 0.4) is 0 Å². The molecule has 0 saturated carbocycles. The Kier molecular flexibility index (Phi) is 2.85. The number of rotatable bonds is 1. The summed E-state index contributed by atoms with van der Waals surface area (Å²) in [6, 6.07) is 18.4. The van der Waals surface area contributed by atoms with Crippen LogP contribution < -0.4 is 5.32 Å². The van der Waals surface area contributed by atoms with Crippen molar-refractivity contribution in [3.05, 3.63) is 71.3 Å². The van der Waals surface area contributed by atoms with Gasteiger partial charge in [0, 0.05) is 6.42 Å². The van der Waals surface area contributed by atoms with Crippen molar-refractivity contribution in [1.29, 1.82) is 0 Å². The minimum Gasteiger partial charge on any atom is -0.345 e. The molecule has 0 unspecified atom stereocenters. The highest BCUT2D eigenvalue weighted by atomic mass is 16.1. The molecule has 0 bridgehead atoms. The Morgan fingerprint density at radius 2 is 1.61 bits per heavy atom. The van der Waals surface area contributed by atoms with Crippen LogP contribution in [0.1, 0.15) is 29.2 Å². The van der Waals surface area contributed by atoms with E-state index in [4.69, 9.17) is 0 Å². The summed E-state index contributed by atoms with van der Waals surface area (Å²) in [6.45, 7) is 0. The molecule has 2 heteroatoms. The molecule has 1 aliphatic rings. The Balaban J connectivity index is 2.09. The van der Waals surface area contributed by atoms with E-state index in [0.717, 1.165) is 12.0 Å². The van der Waals surface area contributed by atoms with Crippen molar-refractivity contribution in [3.8, 4) is 0 Å². The number of fused-ring (bicyclic) bond motifs is 1. The number of carbonyl (C=O) groups excluding carboxylic acids is 1. The summed E-state index contributed by atoms with van der Waals surface area (Å²) in [6.07, 6.45) is 1.39. The molecular formula is C16H15NO. The summed E-state index contributed by atoms with van der Waals surface area (Å²) in [5.74, 6) is 0.125. The SMILES string of the molecule is O=C1CCc2ccccc2[C@H](c2ccccc2)N1. The molecule has 90 valence electrons. The molecule has 1 atom stereocenters. The van der Waals surface area contributed by atoms with Crippen molar-refractivity contribution < 1.29 is 4.79 Å². The topological polar surface area (TPSA) is 29.1 Å². The number of benzene rings is 2. The van der Waals surface area contributed by atoms with Gasteiger partial charge in [0.25, 0.3) is 0 Å². The maximum atomic E-state index is 11.8. The molecular weight excluding hydrogens is 222 g/mol. The van der Waals surface area contributed by atoms with E-state index in [-0.39, 0.29) is 11.9 Å². The molecule has 2 nitrogen and oxygen atoms in total. The highest BCUT2D eigenvalue weighted by molar-refractivity contribution is 5.78. The summed E-state index contributed by atoms with van der Waals surface area (Å²) in [5, 5.41) is 3.11. The second-order valence-corrected chi connectivity index (χ2v) is 4.61. The van der Waals surface area contributed by atoms with E-state index in [1.165, 1.54) is 11.1 Å². The predicted molar refractivity (Wildman–Crippen MR) is 71.2 cm³/mol. The van der Waals surface area contributed by atoms with Gasteiger partial charge in [-0.15, -0.1) is 0 Å². The largest absolute Gasteiger partial charge is 0.345 e. The quantitative estimate of drug-likeness (QED) is 0.812. The van der Waals surface area contributed by atoms with Crippen LogP contribution in [0.15, 0.2) is 54.6 Å². The number of carbonyl (C=O) groups is 1. The highest BCUT2D eigenvalue weighted by Crippen LogP contribution is 2.28. The number of aryl methyl sites for hydroxylation is 1. The first-order valence-corrected chi connectivity index (χ1v) is 6.27. The van der Waals surface area contributed by atoms with Crippen molar-refractivity contribution in [2.24, 2.45) is 0 Å². The molecule has 1 N–H and O–H groups in total. The minimum absolute atomic E-state index is 0.0163. The normalized spacial score (nSPS) is 18.7. The van der Waals surface area contributed by atoms with E-state index in [0.29, 0.717) is 6.42 Å². The first-order valence-electron chi connectivity index (χ1n) is 6.27. The Morgan fingerprint density at radius 3 is 2.44 bits per heavy atom. The lowest BCUT2D eigenvalue weighted by atomic mass is 9.94. The van der Waals surface area contributed by atoms with Gasteiger partial charge in [-0.25, -0.2) is 0 Å². The zero-order valence-corrected chi connectivity index (χ0v) is 10.1. The zero-order valence-electron chi connectivity index (χ0n) is 10.1. The molecule has 2 aromatic carbocycles. The minimum atomic E-state index is -0.0163. The molecule has 3 rings (SSSR count). The third-order valence-corrected chi connectivity index (χ3v) is 3.43. The van der Waals surface area contributed by atoms with Gasteiger partial charge in [-0.2, -0.15) is 0 Å². The molecule has 0 saturated heterocycles. The molecule has 18 heavy (non-hydrogen) atoms. The fraction of sp³-hybridized carbons (Fsp3) is 0.188. The fourth-order valence-corrected chi connectivity index (χ4v) is 2.51. The van der Waals surface area contributed by atoms with Crippen LogP contribution in [0.4, 0.5) is 0 Å². The standard InChI is InChI=1S/C16H15NO/c18-15-11-10-12-6-4-5-9-14(12)16(17-15)13-7-2-1-3-8-13/h1-9,16H,10-11H2,(H,17,18)/t16-/m0/s1. The summed E-state index contributed by atoms with van der Waals surface area (Å²) >= 11 is 0. The molecule has 0 aromatic heterocycles. The van der Waals surface area contributed by atoms with Gasteiger partial charge in [-0.1, -0.05) is 54.6 Å². The molecule has 0 fully saturated rings. The van der Waals surface area contributed by atoms with Crippen molar-refractivity contribution in [2.45, 2.75) is 18.9 Å². The van der Waals surface area contributed by atoms with Gasteiger partial charge in [-0.05, 0) is 23.1 Å². The Morgan fingerprint density at radius 1 is 0.889 bits per heavy atom. The van der Waals surface area contributed by atoms with Crippen molar-refractivity contribution >= 4 is 5.91 Å². The van der Waals surface area contributed by atoms with Crippen LogP contribution in [-0.2, 0) is 11.2 Å². The van der Waals surface area contributed by atoms with Crippen molar-refractivity contribution in [2.75, 3.05) is 0 Å². The van der Waals surface area contributed by atoms with E-state index in [2.05, 4.69) is 29.6 Å². The van der Waals surface area contributed by atoms with Gasteiger partial charge in [0.2, 0.25) is 5.91 Å². The molecule has 0 aliphatic carbocycles. The average Bonchev–Trinajstić information content (AvgIpc) is 2.60. The van der Waals surface area contributed by atoms with Crippen LogP contribution in [0.2, 0.25) is 0 Å². The van der Waals surface area contributed by atoms with E-state index >= 15 is 0 Å². The number of hydrogen-bond donors (Lipinski definition) is 1. The number of hydrogen-bond acceptors (Lipinski definition) is 1. The monoisotopic (exact) mass is 237 g/mol. The van der Waals surface area contributed by atoms with Crippen LogP contribution >= 0.6 is 0 Å². The predicted octanol–water partition coefficient (Wildman–Crippen LogP) is 2.84. The van der Waals surface area contributed by atoms with Gasteiger partial charge in [0.15, 0.2) is 0 Å². The lowest BCUT2D eigenvalue weighted by Crippen LogP contribution is -2.27. The maximum Gasteiger partial charge on any atom is 0.221 e. The summed E-state index contributed by atoms with van der Waals surface area (Å²) in [7, 11) is 0. The first-order chi connectivity index (χ1) is 8.84. The molecule has 0 spiro atoms. The van der Waals surface area contributed by atoms with Gasteiger partial charge in [0.05, 0.1) is 6.04 Å². The Hall–Kier alpha value is -2.09. The van der Waals surface area contributed by atoms with Crippen LogP contribution in [0.25, 0.3) is 0 Å². The third-order valence-electron chi connectivity index (χ3n) is 3.43. The number of nitrogens with one attached hydrogen (secondary N) is 1. The van der Waals surface area contributed by atoms with E-state index < -0.39 is 0 Å². The molecule has 2 aromatic rings. The van der Waals surface area contributed by atoms with Crippen LogP contribution in [-0.4, -0.2) is 5.91 Å². The summed E-state index contributed by atoms with van der Waals surface area (Å²) < 4.78 is 0. The Bertz CT molecular complexity index is 562. The summed E-state index contributed by atoms with van der Waals surface area (Å²) in [5.41, 5.74) is 3.62. The van der Waals surface area contributed by atoms with Crippen molar-refractivity contribution in [3.63, 3.8) is 0 Å². The van der Waals surface area contributed by atoms with Gasteiger partial charge >= 0.3 is 0 Å². The maximum absolute atomic E-state index is 11.8. The van der Waals surface area contributed by atoms with E-state index in [1.807, 2.05) is 30.3 Å². The Labute approximate surface area is 107 Å². The fourth-order valence-electron chi connectivity index (χ4n) is 2.51. The second kappa shape index (κ2) is 4.65. The van der Waals surface area contributed by atoms with Crippen LogP contribution in [0.5, 0.6) is 0 Å². The molecule has 1 aliphatic heterocycles. The lowest BCUT2D eigenvalue weighted by molar-refractivity contribution is -0.121. The third kappa shape index (κ3) is 2.02. The van der Waals surface area contributed by atoms with Gasteiger partial charge in [0.1, 0.15) is 0 Å². The number of amides is 1. The molecule has 0 radical (unpaired) electrons. The van der Waals surface area contributed by atoms with E-state index in [9.17, 15) is 4.79 Å². The second-order valence-electron chi connectivity index (χ2n) is 4.61. The van der Waals surface area contributed by atoms with Gasteiger partial charge in [-0.3, -0.25) is 4.79 Å². The molecule has 1 amide bonds. The van der Waals surface area contributed by atoms with Crippen molar-refractivity contribution in [1.82, 2.24) is 5.32 Å². The van der Waals surface area contributed by atoms with Crippen LogP contribution in [0, 0.1) is 0 Å². The lowest BCUT2D eigenvalue weighted by Gasteiger charge is -2.19. The first kappa shape index (κ1) is 11.0. The van der Waals surface area contributed by atoms with Gasteiger partial charge < -0.3 is 5.32 Å². The smallest absolute Gasteiger partial charge is 0.221 e. The molecule has 1 heterocycles. The zero-order chi connectivity index (χ0) is 12.4. The highest BCUT2D eigenvalue weighted by Gasteiger charge is 2.22. The average molecular weight is 237 g/mol.